The van der Waals surface area contributed by atoms with Crippen LogP contribution in [0.2, 0.25) is 0 Å². The smallest absolute Gasteiger partial charge is 0.312 e. The van der Waals surface area contributed by atoms with Gasteiger partial charge in [0, 0.05) is 12.5 Å². The number of amides is 1. The van der Waals surface area contributed by atoms with Crippen molar-refractivity contribution in [3.63, 3.8) is 0 Å². The molecule has 1 unspecified atom stereocenters. The Hall–Kier alpha value is -2.56. The number of hydrogen-bond acceptors (Lipinski definition) is 3. The molecule has 2 N–H and O–H groups in total. The van der Waals surface area contributed by atoms with Gasteiger partial charge in [-0.3, -0.25) is 9.59 Å². The van der Waals surface area contributed by atoms with Gasteiger partial charge in [0.15, 0.2) is 0 Å². The van der Waals surface area contributed by atoms with Gasteiger partial charge in [-0.1, -0.05) is 44.2 Å². The minimum Gasteiger partial charge on any atom is -0.481 e. The molecule has 0 aliphatic carbocycles. The average Bonchev–Trinajstić information content (AvgIpc) is 2.90. The maximum Gasteiger partial charge on any atom is 0.312 e. The van der Waals surface area contributed by atoms with E-state index in [0.717, 1.165) is 5.76 Å². The Morgan fingerprint density at radius 3 is 2.39 bits per heavy atom. The van der Waals surface area contributed by atoms with Crippen LogP contribution in [0.4, 0.5) is 0 Å². The number of carbonyl (C=O) groups excluding carboxylic acids is 1. The first-order valence-electron chi connectivity index (χ1n) is 7.56. The summed E-state index contributed by atoms with van der Waals surface area (Å²) in [6.07, 6.45) is 0. The molecule has 0 spiro atoms. The third kappa shape index (κ3) is 4.00. The monoisotopic (exact) mass is 315 g/mol. The van der Waals surface area contributed by atoms with Crippen molar-refractivity contribution in [2.75, 3.05) is 6.54 Å². The summed E-state index contributed by atoms with van der Waals surface area (Å²) in [5.41, 5.74) is 1.11. The minimum atomic E-state index is -0.969. The van der Waals surface area contributed by atoms with Crippen LogP contribution in [0.25, 0.3) is 0 Å². The molecule has 0 saturated carbocycles. The zero-order valence-corrected chi connectivity index (χ0v) is 13.5. The van der Waals surface area contributed by atoms with E-state index in [4.69, 9.17) is 4.42 Å². The van der Waals surface area contributed by atoms with E-state index in [2.05, 4.69) is 5.32 Å². The van der Waals surface area contributed by atoms with Crippen LogP contribution in [-0.2, 0) is 4.79 Å². The van der Waals surface area contributed by atoms with Gasteiger partial charge in [-0.25, -0.2) is 0 Å². The zero-order valence-electron chi connectivity index (χ0n) is 13.5. The van der Waals surface area contributed by atoms with Gasteiger partial charge >= 0.3 is 5.97 Å². The van der Waals surface area contributed by atoms with Crippen molar-refractivity contribution in [3.05, 3.63) is 59.0 Å². The standard InChI is InChI=1S/C18H21NO4/c1-11(2)16-9-14(12(3)23-16)17(20)19-10-15(18(21)22)13-7-5-4-6-8-13/h4-9,11,15H,10H2,1-3H3,(H,19,20)(H,21,22). The number of aliphatic carboxylic acids is 1. The van der Waals surface area contributed by atoms with E-state index in [-0.39, 0.29) is 18.4 Å². The molecule has 0 radical (unpaired) electrons. The molecule has 0 fully saturated rings. The van der Waals surface area contributed by atoms with Crippen molar-refractivity contribution in [1.29, 1.82) is 0 Å². The first-order valence-corrected chi connectivity index (χ1v) is 7.56. The third-order valence-electron chi connectivity index (χ3n) is 3.72. The number of carbonyl (C=O) groups is 2. The molecular weight excluding hydrogens is 294 g/mol. The molecule has 5 nitrogen and oxygen atoms in total. The molecule has 1 aromatic heterocycles. The van der Waals surface area contributed by atoms with E-state index < -0.39 is 11.9 Å². The van der Waals surface area contributed by atoms with Crippen LogP contribution in [-0.4, -0.2) is 23.5 Å². The lowest BCUT2D eigenvalue weighted by Crippen LogP contribution is -2.31. The number of hydrogen-bond donors (Lipinski definition) is 2. The molecule has 1 aromatic carbocycles. The van der Waals surface area contributed by atoms with Crippen molar-refractivity contribution in [3.8, 4) is 0 Å². The largest absolute Gasteiger partial charge is 0.481 e. The van der Waals surface area contributed by atoms with Crippen molar-refractivity contribution in [2.45, 2.75) is 32.6 Å². The summed E-state index contributed by atoms with van der Waals surface area (Å²) in [5.74, 6) is -0.602. The molecule has 0 saturated heterocycles. The predicted octanol–water partition coefficient (Wildman–Crippen LogP) is 3.31. The summed E-state index contributed by atoms with van der Waals surface area (Å²) in [5, 5.41) is 12.1. The van der Waals surface area contributed by atoms with E-state index >= 15 is 0 Å². The summed E-state index contributed by atoms with van der Waals surface area (Å²) < 4.78 is 5.56. The van der Waals surface area contributed by atoms with Gasteiger partial charge in [0.05, 0.1) is 11.5 Å². The Balaban J connectivity index is 2.09. The topological polar surface area (TPSA) is 79.5 Å². The third-order valence-corrected chi connectivity index (χ3v) is 3.72. The maximum atomic E-state index is 12.3. The summed E-state index contributed by atoms with van der Waals surface area (Å²) in [4.78, 5) is 23.7. The number of carboxylic acid groups (broad SMARTS) is 1. The molecule has 0 bridgehead atoms. The number of benzene rings is 1. The Bertz CT molecular complexity index is 688. The van der Waals surface area contributed by atoms with Crippen LogP contribution in [0.3, 0.4) is 0 Å². The van der Waals surface area contributed by atoms with Crippen LogP contribution in [0.15, 0.2) is 40.8 Å². The zero-order chi connectivity index (χ0) is 17.0. The molecule has 23 heavy (non-hydrogen) atoms. The normalized spacial score (nSPS) is 12.2. The lowest BCUT2D eigenvalue weighted by molar-refractivity contribution is -0.138. The first-order chi connectivity index (χ1) is 10.9. The second-order valence-corrected chi connectivity index (χ2v) is 5.78. The lowest BCUT2D eigenvalue weighted by Gasteiger charge is -2.13. The summed E-state index contributed by atoms with van der Waals surface area (Å²) in [6.45, 7) is 5.72. The van der Waals surface area contributed by atoms with Gasteiger partial charge in [0.2, 0.25) is 0 Å². The summed E-state index contributed by atoms with van der Waals surface area (Å²) in [6, 6.07) is 10.6. The minimum absolute atomic E-state index is 0.0276. The molecule has 0 aliphatic heterocycles. The predicted molar refractivity (Wildman–Crippen MR) is 86.7 cm³/mol. The number of carboxylic acids is 1. The average molecular weight is 315 g/mol. The molecular formula is C18H21NO4. The highest BCUT2D eigenvalue weighted by atomic mass is 16.4. The number of furan rings is 1. The summed E-state index contributed by atoms with van der Waals surface area (Å²) in [7, 11) is 0. The van der Waals surface area contributed by atoms with E-state index in [1.807, 2.05) is 19.9 Å². The highest BCUT2D eigenvalue weighted by molar-refractivity contribution is 5.95. The first kappa shape index (κ1) is 16.8. The molecule has 122 valence electrons. The van der Waals surface area contributed by atoms with Crippen molar-refractivity contribution >= 4 is 11.9 Å². The van der Waals surface area contributed by atoms with E-state index in [9.17, 15) is 14.7 Å². The molecule has 2 rings (SSSR count). The quantitative estimate of drug-likeness (QED) is 0.857. The second-order valence-electron chi connectivity index (χ2n) is 5.78. The van der Waals surface area contributed by atoms with Crippen molar-refractivity contribution in [2.24, 2.45) is 0 Å². The van der Waals surface area contributed by atoms with Gasteiger partial charge in [-0.05, 0) is 18.6 Å². The number of aryl methyl sites for hydroxylation is 1. The van der Waals surface area contributed by atoms with Gasteiger partial charge < -0.3 is 14.8 Å². The maximum absolute atomic E-state index is 12.3. The molecule has 2 aromatic rings. The molecule has 1 amide bonds. The second kappa shape index (κ2) is 7.13. The van der Waals surface area contributed by atoms with Crippen LogP contribution in [0.1, 0.15) is 53.1 Å². The fraction of sp³-hybridized carbons (Fsp3) is 0.333. The van der Waals surface area contributed by atoms with Gasteiger partial charge in [-0.15, -0.1) is 0 Å². The van der Waals surface area contributed by atoms with Crippen molar-refractivity contribution in [1.82, 2.24) is 5.32 Å². The van der Waals surface area contributed by atoms with Crippen LogP contribution in [0, 0.1) is 6.92 Å². The molecule has 1 heterocycles. The highest BCUT2D eigenvalue weighted by Gasteiger charge is 2.22. The fourth-order valence-electron chi connectivity index (χ4n) is 2.34. The van der Waals surface area contributed by atoms with Crippen LogP contribution in [0.5, 0.6) is 0 Å². The van der Waals surface area contributed by atoms with Crippen LogP contribution >= 0.6 is 0 Å². The van der Waals surface area contributed by atoms with Gasteiger partial charge in [-0.2, -0.15) is 0 Å². The van der Waals surface area contributed by atoms with Crippen LogP contribution < -0.4 is 5.32 Å². The number of nitrogens with one attached hydrogen (secondary N) is 1. The lowest BCUT2D eigenvalue weighted by atomic mass is 9.99. The Labute approximate surface area is 135 Å². The van der Waals surface area contributed by atoms with Gasteiger partial charge in [0.25, 0.3) is 5.91 Å². The Kier molecular flexibility index (Phi) is 5.21. The Morgan fingerprint density at radius 1 is 1.22 bits per heavy atom. The van der Waals surface area contributed by atoms with Crippen molar-refractivity contribution < 1.29 is 19.1 Å². The molecule has 1 atom stereocenters. The van der Waals surface area contributed by atoms with E-state index in [1.54, 1.807) is 37.3 Å². The fourth-order valence-corrected chi connectivity index (χ4v) is 2.34. The Morgan fingerprint density at radius 2 is 1.87 bits per heavy atom. The van der Waals surface area contributed by atoms with E-state index in [0.29, 0.717) is 16.9 Å². The number of rotatable bonds is 6. The summed E-state index contributed by atoms with van der Waals surface area (Å²) >= 11 is 0. The molecule has 0 aliphatic rings. The SMILES string of the molecule is Cc1oc(C(C)C)cc1C(=O)NCC(C(=O)O)c1ccccc1. The van der Waals surface area contributed by atoms with Gasteiger partial charge in [0.1, 0.15) is 11.5 Å². The highest BCUT2D eigenvalue weighted by Crippen LogP contribution is 2.22. The molecule has 5 heteroatoms. The van der Waals surface area contributed by atoms with E-state index in [1.165, 1.54) is 0 Å².